The van der Waals surface area contributed by atoms with Crippen LogP contribution in [0.15, 0.2) is 18.6 Å². The lowest BCUT2D eigenvalue weighted by molar-refractivity contribution is -0.142. The van der Waals surface area contributed by atoms with E-state index in [0.717, 1.165) is 0 Å². The number of carboxylic acid groups (broad SMARTS) is 1. The van der Waals surface area contributed by atoms with Crippen LogP contribution in [0.2, 0.25) is 0 Å². The molecule has 0 aliphatic heterocycles. The molecule has 0 amide bonds. The van der Waals surface area contributed by atoms with Crippen LogP contribution in [0, 0.1) is 0 Å². The molecular weight excluding hydrogens is 194 g/mol. The molecule has 1 aromatic rings. The maximum Gasteiger partial charge on any atom is 0.328 e. The highest BCUT2D eigenvalue weighted by atomic mass is 16.4. The molecule has 5 nitrogen and oxygen atoms in total. The molecule has 0 atom stereocenters. The van der Waals surface area contributed by atoms with Crippen molar-refractivity contribution in [3.8, 4) is 0 Å². The molecule has 0 aliphatic rings. The zero-order valence-electron chi connectivity index (χ0n) is 9.14. The minimum absolute atomic E-state index is 0.567. The summed E-state index contributed by atoms with van der Waals surface area (Å²) in [5.74, 6) is -0.303. The average Bonchev–Trinajstić information content (AvgIpc) is 2.19. The summed E-state index contributed by atoms with van der Waals surface area (Å²) >= 11 is 0. The highest BCUT2D eigenvalue weighted by molar-refractivity contribution is 5.82. The van der Waals surface area contributed by atoms with Gasteiger partial charge in [0.1, 0.15) is 11.4 Å². The molecule has 0 radical (unpaired) electrons. The fourth-order valence-electron chi connectivity index (χ4n) is 1.39. The maximum absolute atomic E-state index is 11.1. The van der Waals surface area contributed by atoms with Gasteiger partial charge in [0.15, 0.2) is 0 Å². The third kappa shape index (κ3) is 2.23. The van der Waals surface area contributed by atoms with Gasteiger partial charge in [-0.2, -0.15) is 0 Å². The van der Waals surface area contributed by atoms with Crippen molar-refractivity contribution in [2.75, 3.05) is 11.4 Å². The van der Waals surface area contributed by atoms with Crippen LogP contribution < -0.4 is 4.90 Å². The van der Waals surface area contributed by atoms with Crippen LogP contribution in [0.25, 0.3) is 0 Å². The van der Waals surface area contributed by atoms with Crippen LogP contribution in [0.5, 0.6) is 0 Å². The number of nitrogens with zero attached hydrogens (tertiary/aromatic N) is 3. The van der Waals surface area contributed by atoms with Gasteiger partial charge in [0, 0.05) is 18.9 Å². The van der Waals surface area contributed by atoms with E-state index >= 15 is 0 Å². The first-order chi connectivity index (χ1) is 7.00. The largest absolute Gasteiger partial charge is 0.480 e. The lowest BCUT2D eigenvalue weighted by Gasteiger charge is -2.34. The molecule has 82 valence electrons. The Morgan fingerprint density at radius 3 is 2.60 bits per heavy atom. The Labute approximate surface area is 88.8 Å². The lowest BCUT2D eigenvalue weighted by atomic mass is 10.0. The van der Waals surface area contributed by atoms with Crippen LogP contribution in [0.4, 0.5) is 5.82 Å². The number of aliphatic carboxylic acids is 1. The molecule has 1 heterocycles. The molecule has 5 heteroatoms. The quantitative estimate of drug-likeness (QED) is 0.806. The summed E-state index contributed by atoms with van der Waals surface area (Å²) in [5.41, 5.74) is -0.981. The highest BCUT2D eigenvalue weighted by Crippen LogP contribution is 2.20. The first-order valence-corrected chi connectivity index (χ1v) is 4.77. The van der Waals surface area contributed by atoms with E-state index in [4.69, 9.17) is 5.11 Å². The zero-order chi connectivity index (χ0) is 11.5. The number of anilines is 1. The van der Waals surface area contributed by atoms with Crippen molar-refractivity contribution in [2.45, 2.75) is 26.3 Å². The Morgan fingerprint density at radius 2 is 2.20 bits per heavy atom. The maximum atomic E-state index is 11.1. The molecule has 0 fully saturated rings. The Morgan fingerprint density at radius 1 is 1.53 bits per heavy atom. The van der Waals surface area contributed by atoms with E-state index in [0.29, 0.717) is 12.4 Å². The first-order valence-electron chi connectivity index (χ1n) is 4.77. The van der Waals surface area contributed by atoms with Gasteiger partial charge in [-0.3, -0.25) is 4.98 Å². The van der Waals surface area contributed by atoms with Crippen molar-refractivity contribution < 1.29 is 9.90 Å². The van der Waals surface area contributed by atoms with Gasteiger partial charge in [-0.05, 0) is 20.8 Å². The van der Waals surface area contributed by atoms with E-state index in [2.05, 4.69) is 9.97 Å². The second-order valence-electron chi connectivity index (χ2n) is 3.67. The molecule has 0 spiro atoms. The monoisotopic (exact) mass is 209 g/mol. The number of rotatable bonds is 4. The lowest BCUT2D eigenvalue weighted by Crippen LogP contribution is -2.50. The molecule has 0 saturated carbocycles. The third-order valence-corrected chi connectivity index (χ3v) is 2.34. The summed E-state index contributed by atoms with van der Waals surface area (Å²) in [6, 6.07) is 0. The molecule has 1 rings (SSSR count). The van der Waals surface area contributed by atoms with Gasteiger partial charge in [0.25, 0.3) is 0 Å². The van der Waals surface area contributed by atoms with Gasteiger partial charge in [0.05, 0.1) is 6.20 Å². The summed E-state index contributed by atoms with van der Waals surface area (Å²) in [6.45, 7) is 5.75. The van der Waals surface area contributed by atoms with Crippen LogP contribution in [0.1, 0.15) is 20.8 Å². The summed E-state index contributed by atoms with van der Waals surface area (Å²) < 4.78 is 0. The van der Waals surface area contributed by atoms with Gasteiger partial charge in [-0.15, -0.1) is 0 Å². The van der Waals surface area contributed by atoms with Crippen molar-refractivity contribution in [3.05, 3.63) is 18.6 Å². The van der Waals surface area contributed by atoms with Crippen LogP contribution in [-0.4, -0.2) is 33.1 Å². The number of carbonyl (C=O) groups is 1. The summed E-state index contributed by atoms with van der Waals surface area (Å²) in [6.07, 6.45) is 4.68. The molecule has 0 unspecified atom stereocenters. The molecule has 0 saturated heterocycles. The summed E-state index contributed by atoms with van der Waals surface area (Å²) in [7, 11) is 0. The Bertz CT molecular complexity index is 338. The standard InChI is InChI=1S/C10H15N3O2/c1-4-13(10(2,3)9(14)15)8-7-11-5-6-12-8/h5-7H,4H2,1-3H3,(H,14,15). The fourth-order valence-corrected chi connectivity index (χ4v) is 1.39. The molecule has 0 bridgehead atoms. The first kappa shape index (κ1) is 11.4. The normalized spacial score (nSPS) is 11.1. The van der Waals surface area contributed by atoms with Crippen molar-refractivity contribution in [2.24, 2.45) is 0 Å². The second-order valence-corrected chi connectivity index (χ2v) is 3.67. The predicted molar refractivity (Wildman–Crippen MR) is 56.8 cm³/mol. The Balaban J connectivity index is 3.05. The highest BCUT2D eigenvalue weighted by Gasteiger charge is 2.34. The molecular formula is C10H15N3O2. The number of likely N-dealkylation sites (N-methyl/N-ethyl adjacent to an activating group) is 1. The molecule has 15 heavy (non-hydrogen) atoms. The zero-order valence-corrected chi connectivity index (χ0v) is 9.14. The Kier molecular flexibility index (Phi) is 3.24. The number of hydrogen-bond donors (Lipinski definition) is 1. The molecule has 1 N–H and O–H groups in total. The van der Waals surface area contributed by atoms with E-state index in [-0.39, 0.29) is 0 Å². The molecule has 0 aliphatic carbocycles. The van der Waals surface area contributed by atoms with E-state index in [1.54, 1.807) is 37.3 Å². The molecule has 1 aromatic heterocycles. The van der Waals surface area contributed by atoms with Gasteiger partial charge in [-0.25, -0.2) is 9.78 Å². The van der Waals surface area contributed by atoms with Gasteiger partial charge in [0.2, 0.25) is 0 Å². The smallest absolute Gasteiger partial charge is 0.328 e. The van der Waals surface area contributed by atoms with E-state index in [1.165, 1.54) is 0 Å². The summed E-state index contributed by atoms with van der Waals surface area (Å²) in [5, 5.41) is 9.11. The van der Waals surface area contributed by atoms with Gasteiger partial charge >= 0.3 is 5.97 Å². The SMILES string of the molecule is CCN(c1cnccn1)C(C)(C)C(=O)O. The minimum atomic E-state index is -0.981. The minimum Gasteiger partial charge on any atom is -0.480 e. The van der Waals surface area contributed by atoms with E-state index < -0.39 is 11.5 Å². The van der Waals surface area contributed by atoms with Gasteiger partial charge in [-0.1, -0.05) is 0 Å². The fraction of sp³-hybridized carbons (Fsp3) is 0.500. The predicted octanol–water partition coefficient (Wildman–Crippen LogP) is 1.17. The number of carboxylic acids is 1. The van der Waals surface area contributed by atoms with Crippen LogP contribution in [-0.2, 0) is 4.79 Å². The average molecular weight is 209 g/mol. The van der Waals surface area contributed by atoms with E-state index in [1.807, 2.05) is 6.92 Å². The summed E-state index contributed by atoms with van der Waals surface area (Å²) in [4.78, 5) is 20.8. The third-order valence-electron chi connectivity index (χ3n) is 2.34. The Hall–Kier alpha value is -1.65. The van der Waals surface area contributed by atoms with Crippen LogP contribution >= 0.6 is 0 Å². The van der Waals surface area contributed by atoms with E-state index in [9.17, 15) is 4.79 Å². The topological polar surface area (TPSA) is 66.3 Å². The molecule has 0 aromatic carbocycles. The number of aromatic nitrogens is 2. The number of hydrogen-bond acceptors (Lipinski definition) is 4. The second kappa shape index (κ2) is 4.25. The van der Waals surface area contributed by atoms with Gasteiger partial charge < -0.3 is 10.0 Å². The van der Waals surface area contributed by atoms with Crippen molar-refractivity contribution in [3.63, 3.8) is 0 Å². The van der Waals surface area contributed by atoms with Crippen LogP contribution in [0.3, 0.4) is 0 Å². The van der Waals surface area contributed by atoms with Crippen molar-refractivity contribution in [1.82, 2.24) is 9.97 Å². The van der Waals surface area contributed by atoms with Crippen molar-refractivity contribution >= 4 is 11.8 Å². The van der Waals surface area contributed by atoms with Crippen molar-refractivity contribution in [1.29, 1.82) is 0 Å².